The van der Waals surface area contributed by atoms with Gasteiger partial charge in [-0.15, -0.1) is 0 Å². The molecule has 0 atom stereocenters. The lowest BCUT2D eigenvalue weighted by Gasteiger charge is -2.19. The number of carbonyl (C=O) groups is 2. The third kappa shape index (κ3) is 5.50. The van der Waals surface area contributed by atoms with Crippen LogP contribution >= 0.6 is 0 Å². The molecule has 1 amide bonds. The molecular weight excluding hydrogens is 304 g/mol. The van der Waals surface area contributed by atoms with E-state index >= 15 is 0 Å². The van der Waals surface area contributed by atoms with Crippen molar-refractivity contribution >= 4 is 11.9 Å². The first kappa shape index (κ1) is 17.7. The molecule has 2 rings (SSSR count). The van der Waals surface area contributed by atoms with Gasteiger partial charge in [-0.2, -0.15) is 0 Å². The van der Waals surface area contributed by atoms with E-state index in [-0.39, 0.29) is 5.78 Å². The highest BCUT2D eigenvalue weighted by Crippen LogP contribution is 2.12. The van der Waals surface area contributed by atoms with Crippen molar-refractivity contribution in [2.75, 3.05) is 6.54 Å². The molecule has 24 heavy (non-hydrogen) atoms. The lowest BCUT2D eigenvalue weighted by Crippen LogP contribution is -2.33. The van der Waals surface area contributed by atoms with Crippen molar-refractivity contribution < 1.29 is 14.3 Å². The SMILES string of the molecule is CC(C)(C)OC(=O)NCCc1cccc(C(=O)c2cccnc2)c1. The molecule has 0 aliphatic rings. The van der Waals surface area contributed by atoms with E-state index in [2.05, 4.69) is 10.3 Å². The second-order valence-electron chi connectivity index (χ2n) is 6.45. The molecule has 126 valence electrons. The summed E-state index contributed by atoms with van der Waals surface area (Å²) in [6.45, 7) is 5.90. The molecule has 0 bridgehead atoms. The molecule has 5 heteroatoms. The van der Waals surface area contributed by atoms with E-state index in [1.54, 1.807) is 30.6 Å². The zero-order valence-corrected chi connectivity index (χ0v) is 14.2. The van der Waals surface area contributed by atoms with Crippen molar-refractivity contribution in [1.82, 2.24) is 10.3 Å². The smallest absolute Gasteiger partial charge is 0.407 e. The molecule has 0 radical (unpaired) electrons. The Bertz CT molecular complexity index is 706. The summed E-state index contributed by atoms with van der Waals surface area (Å²) in [7, 11) is 0. The molecule has 0 aliphatic heterocycles. The van der Waals surface area contributed by atoms with Crippen molar-refractivity contribution in [1.29, 1.82) is 0 Å². The number of alkyl carbamates (subject to hydrolysis) is 1. The number of carbonyl (C=O) groups excluding carboxylic acids is 2. The van der Waals surface area contributed by atoms with Gasteiger partial charge in [0.2, 0.25) is 0 Å². The molecule has 1 aromatic carbocycles. The number of hydrogen-bond donors (Lipinski definition) is 1. The van der Waals surface area contributed by atoms with Crippen LogP contribution in [0.4, 0.5) is 4.79 Å². The molecule has 0 spiro atoms. The molecule has 0 saturated heterocycles. The van der Waals surface area contributed by atoms with Crippen LogP contribution in [0.3, 0.4) is 0 Å². The Morgan fingerprint density at radius 2 is 1.88 bits per heavy atom. The van der Waals surface area contributed by atoms with Gasteiger partial charge in [0.25, 0.3) is 0 Å². The number of pyridine rings is 1. The summed E-state index contributed by atoms with van der Waals surface area (Å²) >= 11 is 0. The van der Waals surface area contributed by atoms with E-state index < -0.39 is 11.7 Å². The van der Waals surface area contributed by atoms with E-state index in [1.165, 1.54) is 0 Å². The third-order valence-electron chi connectivity index (χ3n) is 3.19. The van der Waals surface area contributed by atoms with Gasteiger partial charge in [0, 0.05) is 30.1 Å². The first-order valence-electron chi connectivity index (χ1n) is 7.86. The summed E-state index contributed by atoms with van der Waals surface area (Å²) in [5.74, 6) is -0.0648. The van der Waals surface area contributed by atoms with Gasteiger partial charge in [-0.05, 0) is 51.0 Å². The lowest BCUT2D eigenvalue weighted by atomic mass is 10.0. The van der Waals surface area contributed by atoms with Gasteiger partial charge in [-0.3, -0.25) is 9.78 Å². The quantitative estimate of drug-likeness (QED) is 0.855. The van der Waals surface area contributed by atoms with Gasteiger partial charge in [-0.1, -0.05) is 18.2 Å². The predicted octanol–water partition coefficient (Wildman–Crippen LogP) is 3.38. The van der Waals surface area contributed by atoms with Gasteiger partial charge < -0.3 is 10.1 Å². The van der Waals surface area contributed by atoms with Crippen molar-refractivity contribution in [3.63, 3.8) is 0 Å². The van der Waals surface area contributed by atoms with Gasteiger partial charge in [0.15, 0.2) is 5.78 Å². The molecule has 0 unspecified atom stereocenters. The second kappa shape index (κ2) is 7.73. The fraction of sp³-hybridized carbons (Fsp3) is 0.316. The Kier molecular flexibility index (Phi) is 5.68. The number of rotatable bonds is 5. The minimum atomic E-state index is -0.514. The van der Waals surface area contributed by atoms with Crippen molar-refractivity contribution in [3.8, 4) is 0 Å². The maximum Gasteiger partial charge on any atom is 0.407 e. The highest BCUT2D eigenvalue weighted by molar-refractivity contribution is 6.08. The largest absolute Gasteiger partial charge is 0.444 e. The molecule has 5 nitrogen and oxygen atoms in total. The summed E-state index contributed by atoms with van der Waals surface area (Å²) < 4.78 is 5.18. The third-order valence-corrected chi connectivity index (χ3v) is 3.19. The Morgan fingerprint density at radius 3 is 2.54 bits per heavy atom. The van der Waals surface area contributed by atoms with Crippen LogP contribution in [-0.4, -0.2) is 29.0 Å². The van der Waals surface area contributed by atoms with Gasteiger partial charge >= 0.3 is 6.09 Å². The van der Waals surface area contributed by atoms with Crippen molar-refractivity contribution in [3.05, 3.63) is 65.5 Å². The van der Waals surface area contributed by atoms with Gasteiger partial charge in [0.1, 0.15) is 5.60 Å². The van der Waals surface area contributed by atoms with Crippen LogP contribution in [0.5, 0.6) is 0 Å². The predicted molar refractivity (Wildman–Crippen MR) is 92.1 cm³/mol. The minimum Gasteiger partial charge on any atom is -0.444 e. The van der Waals surface area contributed by atoms with E-state index in [0.29, 0.717) is 24.1 Å². The van der Waals surface area contributed by atoms with Crippen LogP contribution in [0.2, 0.25) is 0 Å². The fourth-order valence-corrected chi connectivity index (χ4v) is 2.15. The first-order chi connectivity index (χ1) is 11.3. The first-order valence-corrected chi connectivity index (χ1v) is 7.86. The maximum atomic E-state index is 12.4. The normalized spacial score (nSPS) is 11.0. The van der Waals surface area contributed by atoms with Crippen LogP contribution in [-0.2, 0) is 11.2 Å². The molecule has 0 fully saturated rings. The number of hydrogen-bond acceptors (Lipinski definition) is 4. The average molecular weight is 326 g/mol. The number of benzene rings is 1. The number of nitrogens with one attached hydrogen (secondary N) is 1. The minimum absolute atomic E-state index is 0.0648. The van der Waals surface area contributed by atoms with Gasteiger partial charge in [0.05, 0.1) is 0 Å². The molecule has 1 heterocycles. The maximum absolute atomic E-state index is 12.4. The number of ketones is 1. The fourth-order valence-electron chi connectivity index (χ4n) is 2.15. The van der Waals surface area contributed by atoms with Crippen LogP contribution in [0, 0.1) is 0 Å². The van der Waals surface area contributed by atoms with E-state index in [1.807, 2.05) is 39.0 Å². The van der Waals surface area contributed by atoms with Crippen LogP contribution in [0.25, 0.3) is 0 Å². The van der Waals surface area contributed by atoms with Crippen molar-refractivity contribution in [2.24, 2.45) is 0 Å². The van der Waals surface area contributed by atoms with Crippen molar-refractivity contribution in [2.45, 2.75) is 32.8 Å². The topological polar surface area (TPSA) is 68.3 Å². The summed E-state index contributed by atoms with van der Waals surface area (Å²) in [5.41, 5.74) is 1.63. The summed E-state index contributed by atoms with van der Waals surface area (Å²) in [6.07, 6.45) is 3.37. The number of nitrogens with zero attached hydrogens (tertiary/aromatic N) is 1. The summed E-state index contributed by atoms with van der Waals surface area (Å²) in [5, 5.41) is 2.71. The summed E-state index contributed by atoms with van der Waals surface area (Å²) in [6, 6.07) is 10.9. The second-order valence-corrected chi connectivity index (χ2v) is 6.45. The average Bonchev–Trinajstić information content (AvgIpc) is 2.53. The zero-order valence-electron chi connectivity index (χ0n) is 14.2. The molecule has 2 aromatic rings. The monoisotopic (exact) mass is 326 g/mol. The van der Waals surface area contributed by atoms with Gasteiger partial charge in [-0.25, -0.2) is 4.79 Å². The van der Waals surface area contributed by atoms with Crippen LogP contribution < -0.4 is 5.32 Å². The lowest BCUT2D eigenvalue weighted by molar-refractivity contribution is 0.0528. The summed E-state index contributed by atoms with van der Waals surface area (Å²) in [4.78, 5) is 28.0. The van der Waals surface area contributed by atoms with E-state index in [0.717, 1.165) is 5.56 Å². The Balaban J connectivity index is 1.94. The number of amides is 1. The Labute approximate surface area is 142 Å². The molecule has 1 N–H and O–H groups in total. The van der Waals surface area contributed by atoms with Crippen LogP contribution in [0.1, 0.15) is 42.3 Å². The van der Waals surface area contributed by atoms with E-state index in [4.69, 9.17) is 4.74 Å². The highest BCUT2D eigenvalue weighted by Gasteiger charge is 2.15. The molecular formula is C19H22N2O3. The highest BCUT2D eigenvalue weighted by atomic mass is 16.6. The molecule has 0 saturated carbocycles. The van der Waals surface area contributed by atoms with E-state index in [9.17, 15) is 9.59 Å². The number of aromatic nitrogens is 1. The zero-order chi connectivity index (χ0) is 17.6. The van der Waals surface area contributed by atoms with Crippen LogP contribution in [0.15, 0.2) is 48.8 Å². The molecule has 1 aromatic heterocycles. The molecule has 0 aliphatic carbocycles. The Hall–Kier alpha value is -2.69. The Morgan fingerprint density at radius 1 is 1.12 bits per heavy atom. The standard InChI is InChI=1S/C19H22N2O3/c1-19(2,3)24-18(23)21-11-9-14-6-4-7-15(12-14)17(22)16-8-5-10-20-13-16/h4-8,10,12-13H,9,11H2,1-3H3,(H,21,23). The number of ether oxygens (including phenoxy) is 1.